The van der Waals surface area contributed by atoms with Gasteiger partial charge in [0, 0.05) is 27.9 Å². The van der Waals surface area contributed by atoms with E-state index in [0.29, 0.717) is 26.3 Å². The molecule has 0 aliphatic carbocycles. The van der Waals surface area contributed by atoms with E-state index in [-0.39, 0.29) is 0 Å². The molecule has 0 radical (unpaired) electrons. The number of aromatic nitrogens is 1. The zero-order valence-electron chi connectivity index (χ0n) is 16.0. The normalized spacial score (nSPS) is 11.1. The van der Waals surface area contributed by atoms with Gasteiger partial charge >= 0.3 is 0 Å². The van der Waals surface area contributed by atoms with Crippen LogP contribution in [0.5, 0.6) is 11.5 Å². The summed E-state index contributed by atoms with van der Waals surface area (Å²) >= 11 is 13.6. The third-order valence-electron chi connectivity index (χ3n) is 4.28. The van der Waals surface area contributed by atoms with Gasteiger partial charge in [-0.2, -0.15) is 5.26 Å². The second-order valence-corrected chi connectivity index (χ2v) is 8.12. The molecule has 0 fully saturated rings. The Labute approximate surface area is 194 Å². The van der Waals surface area contributed by atoms with Gasteiger partial charge in [0.1, 0.15) is 28.1 Å². The first kappa shape index (κ1) is 21.0. The molecule has 0 unspecified atom stereocenters. The van der Waals surface area contributed by atoms with Crippen LogP contribution < -0.4 is 10.1 Å². The van der Waals surface area contributed by atoms with E-state index in [1.54, 1.807) is 18.3 Å². The van der Waals surface area contributed by atoms with Crippen molar-refractivity contribution >= 4 is 45.8 Å². The molecule has 152 valence electrons. The molecule has 7 heteroatoms. The number of halogens is 2. The predicted molar refractivity (Wildman–Crippen MR) is 128 cm³/mol. The number of hydrogen-bond acceptors (Lipinski definition) is 5. The number of nitrogens with zero attached hydrogens (tertiary/aromatic N) is 2. The summed E-state index contributed by atoms with van der Waals surface area (Å²) in [5.74, 6) is 1.50. The molecule has 4 aromatic rings. The van der Waals surface area contributed by atoms with E-state index in [0.717, 1.165) is 22.7 Å². The lowest BCUT2D eigenvalue weighted by molar-refractivity contribution is 0.483. The smallest absolute Gasteiger partial charge is 0.136 e. The van der Waals surface area contributed by atoms with E-state index in [1.165, 1.54) is 11.3 Å². The molecule has 0 saturated carbocycles. The van der Waals surface area contributed by atoms with Gasteiger partial charge in [-0.3, -0.25) is 0 Å². The average Bonchev–Trinajstić information content (AvgIpc) is 3.26. The minimum absolute atomic E-state index is 0.422. The highest BCUT2D eigenvalue weighted by Crippen LogP contribution is 2.32. The Bertz CT molecular complexity index is 1260. The molecule has 0 atom stereocenters. The van der Waals surface area contributed by atoms with Crippen LogP contribution in [0.15, 0.2) is 84.4 Å². The number of para-hydroxylation sites is 1. The van der Waals surface area contributed by atoms with Gasteiger partial charge in [0.05, 0.1) is 10.7 Å². The number of hydrogen-bond donors (Lipinski definition) is 1. The van der Waals surface area contributed by atoms with Gasteiger partial charge in [-0.1, -0.05) is 41.4 Å². The number of anilines is 1. The third kappa shape index (κ3) is 5.25. The summed E-state index contributed by atoms with van der Waals surface area (Å²) in [6.45, 7) is 0. The molecule has 1 N–H and O–H groups in total. The third-order valence-corrected chi connectivity index (χ3v) is 5.70. The molecular formula is C24H15Cl2N3OS. The largest absolute Gasteiger partial charge is 0.457 e. The standard InChI is InChI=1S/C24H15Cl2N3OS/c25-17-6-11-21(22(26)12-17)23-15-31-24(29-23)16(13-27)14-28-18-7-9-20(10-8-18)30-19-4-2-1-3-5-19/h1-12,14-15,28H. The maximum Gasteiger partial charge on any atom is 0.136 e. The Kier molecular flexibility index (Phi) is 6.54. The fourth-order valence-electron chi connectivity index (χ4n) is 2.76. The molecule has 0 aliphatic heterocycles. The summed E-state index contributed by atoms with van der Waals surface area (Å²) in [7, 11) is 0. The first-order chi connectivity index (χ1) is 15.1. The second kappa shape index (κ2) is 9.67. The number of benzene rings is 3. The van der Waals surface area contributed by atoms with Crippen LogP contribution in [0.2, 0.25) is 10.0 Å². The zero-order chi connectivity index (χ0) is 21.6. The zero-order valence-corrected chi connectivity index (χ0v) is 18.4. The van der Waals surface area contributed by atoms with Gasteiger partial charge in [-0.15, -0.1) is 11.3 Å². The van der Waals surface area contributed by atoms with Crippen molar-refractivity contribution in [2.75, 3.05) is 5.32 Å². The maximum absolute atomic E-state index is 9.58. The molecule has 0 bridgehead atoms. The van der Waals surface area contributed by atoms with Crippen LogP contribution in [0.4, 0.5) is 5.69 Å². The number of allylic oxidation sites excluding steroid dienone is 1. The van der Waals surface area contributed by atoms with Gasteiger partial charge in [-0.05, 0) is 54.6 Å². The molecule has 1 aromatic heterocycles. The number of thiazole rings is 1. The van der Waals surface area contributed by atoms with Crippen molar-refractivity contribution in [3.8, 4) is 28.8 Å². The van der Waals surface area contributed by atoms with Crippen LogP contribution in [0.3, 0.4) is 0 Å². The fraction of sp³-hybridized carbons (Fsp3) is 0. The lowest BCUT2D eigenvalue weighted by Crippen LogP contribution is -1.91. The molecule has 4 rings (SSSR count). The van der Waals surface area contributed by atoms with Crippen LogP contribution in [-0.2, 0) is 0 Å². The lowest BCUT2D eigenvalue weighted by Gasteiger charge is -2.07. The quantitative estimate of drug-likeness (QED) is 0.295. The van der Waals surface area contributed by atoms with Crippen molar-refractivity contribution in [1.82, 2.24) is 4.98 Å². The van der Waals surface area contributed by atoms with Crippen LogP contribution in [0, 0.1) is 11.3 Å². The number of rotatable bonds is 6. The molecule has 3 aromatic carbocycles. The first-order valence-corrected chi connectivity index (χ1v) is 10.9. The van der Waals surface area contributed by atoms with Gasteiger partial charge in [-0.25, -0.2) is 4.98 Å². The monoisotopic (exact) mass is 463 g/mol. The van der Waals surface area contributed by atoms with Crippen LogP contribution in [0.25, 0.3) is 16.8 Å². The summed E-state index contributed by atoms with van der Waals surface area (Å²) in [4.78, 5) is 4.56. The maximum atomic E-state index is 9.58. The highest BCUT2D eigenvalue weighted by atomic mass is 35.5. The molecule has 0 saturated heterocycles. The summed E-state index contributed by atoms with van der Waals surface area (Å²) in [5.41, 5.74) is 2.72. The fourth-order valence-corrected chi connectivity index (χ4v) is 4.05. The predicted octanol–water partition coefficient (Wildman–Crippen LogP) is 7.89. The van der Waals surface area contributed by atoms with Crippen molar-refractivity contribution in [1.29, 1.82) is 5.26 Å². The molecule has 0 amide bonds. The molecular weight excluding hydrogens is 449 g/mol. The highest BCUT2D eigenvalue weighted by molar-refractivity contribution is 7.11. The van der Waals surface area contributed by atoms with Crippen LogP contribution in [-0.4, -0.2) is 4.98 Å². The lowest BCUT2D eigenvalue weighted by atomic mass is 10.2. The average molecular weight is 464 g/mol. The SMILES string of the molecule is N#CC(=CNc1ccc(Oc2ccccc2)cc1)c1nc(-c2ccc(Cl)cc2Cl)cs1. The molecule has 0 aliphatic rings. The van der Waals surface area contributed by atoms with Crippen molar-refractivity contribution in [2.24, 2.45) is 0 Å². The summed E-state index contributed by atoms with van der Waals surface area (Å²) in [5, 5.41) is 16.3. The van der Waals surface area contributed by atoms with E-state index < -0.39 is 0 Å². The second-order valence-electron chi connectivity index (χ2n) is 6.42. The summed E-state index contributed by atoms with van der Waals surface area (Å²) in [6.07, 6.45) is 1.64. The van der Waals surface area contributed by atoms with Gasteiger partial charge in [0.2, 0.25) is 0 Å². The number of nitrogens with one attached hydrogen (secondary N) is 1. The Morgan fingerprint density at radius 2 is 1.74 bits per heavy atom. The first-order valence-electron chi connectivity index (χ1n) is 9.23. The minimum atomic E-state index is 0.422. The van der Waals surface area contributed by atoms with Crippen molar-refractivity contribution < 1.29 is 4.74 Å². The highest BCUT2D eigenvalue weighted by Gasteiger charge is 2.11. The molecule has 1 heterocycles. The number of nitriles is 1. The summed E-state index contributed by atoms with van der Waals surface area (Å²) < 4.78 is 5.79. The number of ether oxygens (including phenoxy) is 1. The van der Waals surface area contributed by atoms with E-state index in [4.69, 9.17) is 27.9 Å². The van der Waals surface area contributed by atoms with Gasteiger partial charge in [0.25, 0.3) is 0 Å². The van der Waals surface area contributed by atoms with Crippen LogP contribution in [0.1, 0.15) is 5.01 Å². The van der Waals surface area contributed by atoms with E-state index in [1.807, 2.05) is 66.0 Å². The Balaban J connectivity index is 1.47. The van der Waals surface area contributed by atoms with E-state index >= 15 is 0 Å². The summed E-state index contributed by atoms with van der Waals surface area (Å²) in [6, 6.07) is 24.5. The minimum Gasteiger partial charge on any atom is -0.457 e. The molecule has 0 spiro atoms. The topological polar surface area (TPSA) is 57.9 Å². The molecule has 4 nitrogen and oxygen atoms in total. The Morgan fingerprint density at radius 3 is 2.45 bits per heavy atom. The van der Waals surface area contributed by atoms with Crippen molar-refractivity contribution in [3.05, 3.63) is 99.4 Å². The van der Waals surface area contributed by atoms with Gasteiger partial charge in [0.15, 0.2) is 0 Å². The van der Waals surface area contributed by atoms with Gasteiger partial charge < -0.3 is 10.1 Å². The van der Waals surface area contributed by atoms with Crippen LogP contribution >= 0.6 is 34.5 Å². The Morgan fingerprint density at radius 1 is 1.00 bits per heavy atom. The van der Waals surface area contributed by atoms with E-state index in [9.17, 15) is 5.26 Å². The Hall–Kier alpha value is -3.30. The van der Waals surface area contributed by atoms with E-state index in [2.05, 4.69) is 16.4 Å². The molecule has 31 heavy (non-hydrogen) atoms. The van der Waals surface area contributed by atoms with Crippen molar-refractivity contribution in [2.45, 2.75) is 0 Å². The van der Waals surface area contributed by atoms with Crippen molar-refractivity contribution in [3.63, 3.8) is 0 Å².